The van der Waals surface area contributed by atoms with Crippen LogP contribution in [-0.4, -0.2) is 32.1 Å². The SMILES string of the molecule is CCOc1c(Cl)cc(CNC(=O)CNC(=O)c2ccccc2)cc1OC. The highest BCUT2D eigenvalue weighted by Gasteiger charge is 2.12. The van der Waals surface area contributed by atoms with Crippen molar-refractivity contribution in [1.82, 2.24) is 10.6 Å². The topological polar surface area (TPSA) is 76.7 Å². The van der Waals surface area contributed by atoms with Gasteiger partial charge in [0.25, 0.3) is 5.91 Å². The smallest absolute Gasteiger partial charge is 0.251 e. The standard InChI is InChI=1S/C19H21ClN2O4/c1-3-26-18-15(20)9-13(10-16(18)25-2)11-21-17(23)12-22-19(24)14-7-5-4-6-8-14/h4-10H,3,11-12H2,1-2H3,(H,21,23)(H,22,24). The van der Waals surface area contributed by atoms with E-state index in [4.69, 9.17) is 21.1 Å². The van der Waals surface area contributed by atoms with Gasteiger partial charge in [0.1, 0.15) is 0 Å². The van der Waals surface area contributed by atoms with E-state index in [-0.39, 0.29) is 24.9 Å². The zero-order valence-electron chi connectivity index (χ0n) is 14.7. The average Bonchev–Trinajstić information content (AvgIpc) is 2.66. The van der Waals surface area contributed by atoms with Gasteiger partial charge in [-0.2, -0.15) is 0 Å². The fraction of sp³-hybridized carbons (Fsp3) is 0.263. The van der Waals surface area contributed by atoms with Crippen LogP contribution in [0.25, 0.3) is 0 Å². The Bertz CT molecular complexity index is 766. The van der Waals surface area contributed by atoms with Crippen molar-refractivity contribution in [3.8, 4) is 11.5 Å². The number of carbonyl (C=O) groups is 2. The Hall–Kier alpha value is -2.73. The number of benzene rings is 2. The molecular weight excluding hydrogens is 356 g/mol. The van der Waals surface area contributed by atoms with Crippen molar-refractivity contribution in [2.45, 2.75) is 13.5 Å². The summed E-state index contributed by atoms with van der Waals surface area (Å²) in [5, 5.41) is 5.71. The van der Waals surface area contributed by atoms with Crippen LogP contribution in [0.4, 0.5) is 0 Å². The molecule has 0 unspecified atom stereocenters. The molecule has 6 nitrogen and oxygen atoms in total. The van der Waals surface area contributed by atoms with E-state index in [9.17, 15) is 9.59 Å². The summed E-state index contributed by atoms with van der Waals surface area (Å²) in [4.78, 5) is 23.9. The van der Waals surface area contributed by atoms with Crippen LogP contribution in [0.2, 0.25) is 5.02 Å². The van der Waals surface area contributed by atoms with E-state index in [0.717, 1.165) is 5.56 Å². The van der Waals surface area contributed by atoms with Gasteiger partial charge in [-0.15, -0.1) is 0 Å². The minimum Gasteiger partial charge on any atom is -0.493 e. The minimum absolute atomic E-state index is 0.115. The molecule has 0 aromatic heterocycles. The molecule has 7 heteroatoms. The Kier molecular flexibility index (Phi) is 7.29. The minimum atomic E-state index is -0.307. The van der Waals surface area contributed by atoms with Crippen molar-refractivity contribution >= 4 is 23.4 Å². The Morgan fingerprint density at radius 1 is 1.12 bits per heavy atom. The first-order valence-electron chi connectivity index (χ1n) is 8.14. The van der Waals surface area contributed by atoms with E-state index in [1.165, 1.54) is 7.11 Å². The van der Waals surface area contributed by atoms with E-state index < -0.39 is 0 Å². The largest absolute Gasteiger partial charge is 0.493 e. The molecule has 2 aromatic carbocycles. The molecule has 0 saturated heterocycles. The Balaban J connectivity index is 1.89. The lowest BCUT2D eigenvalue weighted by atomic mass is 10.2. The molecule has 0 bridgehead atoms. The zero-order valence-corrected chi connectivity index (χ0v) is 15.4. The first-order valence-corrected chi connectivity index (χ1v) is 8.52. The summed E-state index contributed by atoms with van der Waals surface area (Å²) in [5.74, 6) is 0.368. The lowest BCUT2D eigenvalue weighted by Crippen LogP contribution is -2.36. The molecule has 0 aliphatic heterocycles. The van der Waals surface area contributed by atoms with Gasteiger partial charge in [-0.3, -0.25) is 9.59 Å². The van der Waals surface area contributed by atoms with Gasteiger partial charge in [-0.1, -0.05) is 29.8 Å². The van der Waals surface area contributed by atoms with Crippen molar-refractivity contribution in [2.24, 2.45) is 0 Å². The highest BCUT2D eigenvalue weighted by molar-refractivity contribution is 6.32. The summed E-state index contributed by atoms with van der Waals surface area (Å²) in [5.41, 5.74) is 1.27. The van der Waals surface area contributed by atoms with Crippen LogP contribution >= 0.6 is 11.6 Å². The Labute approximate surface area is 157 Å². The van der Waals surface area contributed by atoms with Crippen LogP contribution in [-0.2, 0) is 11.3 Å². The van der Waals surface area contributed by atoms with Crippen molar-refractivity contribution in [3.05, 3.63) is 58.6 Å². The molecule has 2 N–H and O–H groups in total. The number of carbonyl (C=O) groups excluding carboxylic acids is 2. The number of nitrogens with one attached hydrogen (secondary N) is 2. The molecule has 0 heterocycles. The van der Waals surface area contributed by atoms with Gasteiger partial charge in [0.15, 0.2) is 11.5 Å². The molecule has 0 spiro atoms. The van der Waals surface area contributed by atoms with Gasteiger partial charge >= 0.3 is 0 Å². The third kappa shape index (κ3) is 5.39. The van der Waals surface area contributed by atoms with Crippen LogP contribution < -0.4 is 20.1 Å². The average molecular weight is 377 g/mol. The lowest BCUT2D eigenvalue weighted by molar-refractivity contribution is -0.120. The second-order valence-electron chi connectivity index (χ2n) is 5.37. The molecule has 0 aliphatic carbocycles. The van der Waals surface area contributed by atoms with Gasteiger partial charge in [-0.25, -0.2) is 0 Å². The van der Waals surface area contributed by atoms with Crippen LogP contribution in [0.15, 0.2) is 42.5 Å². The molecule has 2 amide bonds. The molecule has 26 heavy (non-hydrogen) atoms. The molecule has 0 aliphatic rings. The van der Waals surface area contributed by atoms with Gasteiger partial charge in [0, 0.05) is 12.1 Å². The Morgan fingerprint density at radius 3 is 2.50 bits per heavy atom. The predicted octanol–water partition coefficient (Wildman–Crippen LogP) is 2.79. The molecule has 138 valence electrons. The number of hydrogen-bond acceptors (Lipinski definition) is 4. The number of hydrogen-bond donors (Lipinski definition) is 2. The number of rotatable bonds is 8. The molecule has 2 aromatic rings. The summed E-state index contributed by atoms with van der Waals surface area (Å²) < 4.78 is 10.7. The van der Waals surface area contributed by atoms with Crippen LogP contribution in [0.5, 0.6) is 11.5 Å². The first kappa shape index (κ1) is 19.6. The fourth-order valence-corrected chi connectivity index (χ4v) is 2.56. The molecule has 0 radical (unpaired) electrons. The van der Waals surface area contributed by atoms with Crippen molar-refractivity contribution < 1.29 is 19.1 Å². The maximum absolute atomic E-state index is 11.9. The first-order chi connectivity index (χ1) is 12.5. The van der Waals surface area contributed by atoms with E-state index in [2.05, 4.69) is 10.6 Å². The summed E-state index contributed by atoms with van der Waals surface area (Å²) in [7, 11) is 1.52. The number of halogens is 1. The number of ether oxygens (including phenoxy) is 2. The van der Waals surface area contributed by atoms with Crippen LogP contribution in [0.1, 0.15) is 22.8 Å². The van der Waals surface area contributed by atoms with Crippen molar-refractivity contribution in [1.29, 1.82) is 0 Å². The third-order valence-corrected chi connectivity index (χ3v) is 3.79. The van der Waals surface area contributed by atoms with E-state index in [0.29, 0.717) is 28.7 Å². The molecular formula is C19H21ClN2O4. The number of amides is 2. The maximum atomic E-state index is 11.9. The summed E-state index contributed by atoms with van der Waals surface area (Å²) in [6.07, 6.45) is 0. The third-order valence-electron chi connectivity index (χ3n) is 3.51. The normalized spacial score (nSPS) is 10.1. The summed E-state index contributed by atoms with van der Waals surface area (Å²) in [6.45, 7) is 2.46. The number of methoxy groups -OCH3 is 1. The fourth-order valence-electron chi connectivity index (χ4n) is 2.28. The van der Waals surface area contributed by atoms with Gasteiger partial charge in [0.2, 0.25) is 5.91 Å². The molecule has 2 rings (SSSR count). The van der Waals surface area contributed by atoms with Crippen molar-refractivity contribution in [3.63, 3.8) is 0 Å². The van der Waals surface area contributed by atoms with E-state index >= 15 is 0 Å². The van der Waals surface area contributed by atoms with E-state index in [1.54, 1.807) is 36.4 Å². The highest BCUT2D eigenvalue weighted by Crippen LogP contribution is 2.36. The molecule has 0 fully saturated rings. The zero-order chi connectivity index (χ0) is 18.9. The monoisotopic (exact) mass is 376 g/mol. The summed E-state index contributed by atoms with van der Waals surface area (Å²) >= 11 is 6.20. The maximum Gasteiger partial charge on any atom is 0.251 e. The second-order valence-corrected chi connectivity index (χ2v) is 5.77. The highest BCUT2D eigenvalue weighted by atomic mass is 35.5. The molecule has 0 atom stereocenters. The van der Waals surface area contributed by atoms with Crippen LogP contribution in [0.3, 0.4) is 0 Å². The van der Waals surface area contributed by atoms with Gasteiger partial charge in [0.05, 0.1) is 25.3 Å². The Morgan fingerprint density at radius 2 is 1.85 bits per heavy atom. The van der Waals surface area contributed by atoms with E-state index in [1.807, 2.05) is 13.0 Å². The lowest BCUT2D eigenvalue weighted by Gasteiger charge is -2.13. The van der Waals surface area contributed by atoms with Gasteiger partial charge < -0.3 is 20.1 Å². The summed E-state index contributed by atoms with van der Waals surface area (Å²) in [6, 6.07) is 12.2. The van der Waals surface area contributed by atoms with Crippen LogP contribution in [0, 0.1) is 0 Å². The quantitative estimate of drug-likeness (QED) is 0.742. The van der Waals surface area contributed by atoms with Gasteiger partial charge in [-0.05, 0) is 36.8 Å². The second kappa shape index (κ2) is 9.68. The van der Waals surface area contributed by atoms with Crippen molar-refractivity contribution in [2.75, 3.05) is 20.3 Å². The molecule has 0 saturated carbocycles. The predicted molar refractivity (Wildman–Crippen MR) is 99.8 cm³/mol.